The van der Waals surface area contributed by atoms with Crippen LogP contribution in [0.3, 0.4) is 0 Å². The Balaban J connectivity index is 2.46. The van der Waals surface area contributed by atoms with E-state index in [9.17, 15) is 0 Å². The predicted octanol–water partition coefficient (Wildman–Crippen LogP) is 3.31. The van der Waals surface area contributed by atoms with E-state index in [-0.39, 0.29) is 0 Å². The number of rotatable bonds is 6. The molecule has 0 aromatic carbocycles. The second-order valence-corrected chi connectivity index (χ2v) is 4.25. The van der Waals surface area contributed by atoms with E-state index in [1.807, 2.05) is 12.2 Å². The van der Waals surface area contributed by atoms with Crippen molar-refractivity contribution in [3.63, 3.8) is 0 Å². The van der Waals surface area contributed by atoms with Crippen molar-refractivity contribution in [1.29, 1.82) is 0 Å². The molecule has 1 heterocycles. The van der Waals surface area contributed by atoms with Gasteiger partial charge in [0.05, 0.1) is 0 Å². The second-order valence-electron chi connectivity index (χ2n) is 4.25. The van der Waals surface area contributed by atoms with Crippen LogP contribution in [0.2, 0.25) is 0 Å². The van der Waals surface area contributed by atoms with Crippen LogP contribution in [0.1, 0.15) is 25.7 Å². The third-order valence-electron chi connectivity index (χ3n) is 3.07. The Kier molecular flexibility index (Phi) is 6.10. The molecule has 15 heavy (non-hydrogen) atoms. The minimum atomic E-state index is 0.662. The van der Waals surface area contributed by atoms with Crippen molar-refractivity contribution in [2.45, 2.75) is 25.7 Å². The van der Waals surface area contributed by atoms with Gasteiger partial charge < -0.3 is 5.32 Å². The number of nitrogens with one attached hydrogen (secondary N) is 1. The zero-order valence-electron chi connectivity index (χ0n) is 9.62. The quantitative estimate of drug-likeness (QED) is 0.656. The van der Waals surface area contributed by atoms with Crippen LogP contribution in [0.15, 0.2) is 37.5 Å². The van der Waals surface area contributed by atoms with Gasteiger partial charge in [-0.3, -0.25) is 0 Å². The molecule has 1 aliphatic heterocycles. The van der Waals surface area contributed by atoms with Gasteiger partial charge in [-0.2, -0.15) is 0 Å². The molecule has 84 valence electrons. The number of piperidine rings is 1. The van der Waals surface area contributed by atoms with Gasteiger partial charge in [0, 0.05) is 0 Å². The van der Waals surface area contributed by atoms with E-state index >= 15 is 0 Å². The number of allylic oxidation sites excluding steroid dienone is 4. The molecule has 0 bridgehead atoms. The molecule has 0 saturated carbocycles. The molecule has 2 atom stereocenters. The van der Waals surface area contributed by atoms with Crippen LogP contribution < -0.4 is 5.32 Å². The average molecular weight is 205 g/mol. The van der Waals surface area contributed by atoms with E-state index in [1.165, 1.54) is 19.4 Å². The zero-order valence-corrected chi connectivity index (χ0v) is 9.62. The Morgan fingerprint density at radius 3 is 2.80 bits per heavy atom. The molecule has 1 saturated heterocycles. The molecule has 1 rings (SSSR count). The lowest BCUT2D eigenvalue weighted by atomic mass is 9.84. The fourth-order valence-corrected chi connectivity index (χ4v) is 2.21. The lowest BCUT2D eigenvalue weighted by molar-refractivity contribution is 0.304. The van der Waals surface area contributed by atoms with E-state index in [0.29, 0.717) is 5.92 Å². The third kappa shape index (κ3) is 4.48. The maximum atomic E-state index is 3.85. The SMILES string of the molecule is C=CCC=CC(CC=C)C1CCCNC1. The molecule has 2 unspecified atom stereocenters. The first-order chi connectivity index (χ1) is 7.38. The van der Waals surface area contributed by atoms with E-state index < -0.39 is 0 Å². The Bertz CT molecular complexity index is 211. The highest BCUT2D eigenvalue weighted by Gasteiger charge is 2.19. The summed E-state index contributed by atoms with van der Waals surface area (Å²) in [5.74, 6) is 1.45. The highest BCUT2D eigenvalue weighted by molar-refractivity contribution is 4.98. The Morgan fingerprint density at radius 2 is 2.20 bits per heavy atom. The molecule has 0 aliphatic carbocycles. The van der Waals surface area contributed by atoms with Crippen molar-refractivity contribution < 1.29 is 0 Å². The average Bonchev–Trinajstić information content (AvgIpc) is 2.29. The summed E-state index contributed by atoms with van der Waals surface area (Å²) in [4.78, 5) is 0. The topological polar surface area (TPSA) is 12.0 Å². The van der Waals surface area contributed by atoms with Crippen molar-refractivity contribution in [3.05, 3.63) is 37.5 Å². The van der Waals surface area contributed by atoms with Gasteiger partial charge >= 0.3 is 0 Å². The van der Waals surface area contributed by atoms with Crippen LogP contribution in [-0.2, 0) is 0 Å². The highest BCUT2D eigenvalue weighted by Crippen LogP contribution is 2.24. The summed E-state index contributed by atoms with van der Waals surface area (Å²) in [6, 6.07) is 0. The normalized spacial score (nSPS) is 23.9. The molecule has 0 aromatic rings. The summed E-state index contributed by atoms with van der Waals surface area (Å²) in [5.41, 5.74) is 0. The fourth-order valence-electron chi connectivity index (χ4n) is 2.21. The molecule has 1 heteroatoms. The van der Waals surface area contributed by atoms with Gasteiger partial charge in [0.2, 0.25) is 0 Å². The molecular weight excluding hydrogens is 182 g/mol. The first-order valence-corrected chi connectivity index (χ1v) is 5.97. The molecule has 1 fully saturated rings. The summed E-state index contributed by atoms with van der Waals surface area (Å²) >= 11 is 0. The van der Waals surface area contributed by atoms with Gasteiger partial charge in [0.1, 0.15) is 0 Å². The van der Waals surface area contributed by atoms with Crippen molar-refractivity contribution in [3.8, 4) is 0 Å². The summed E-state index contributed by atoms with van der Waals surface area (Å²) in [5, 5.41) is 3.48. The first-order valence-electron chi connectivity index (χ1n) is 5.97. The maximum absolute atomic E-state index is 3.85. The van der Waals surface area contributed by atoms with E-state index in [0.717, 1.165) is 25.3 Å². The smallest absolute Gasteiger partial charge is 0.00148 e. The van der Waals surface area contributed by atoms with Crippen LogP contribution >= 0.6 is 0 Å². The van der Waals surface area contributed by atoms with Crippen molar-refractivity contribution in [1.82, 2.24) is 5.32 Å². The first kappa shape index (κ1) is 12.3. The standard InChI is InChI=1S/C14H23N/c1-3-5-6-9-13(8-4-2)14-10-7-11-15-12-14/h3-4,6,9,13-15H,1-2,5,7-8,10-12H2. The lowest BCUT2D eigenvalue weighted by Gasteiger charge is -2.28. The maximum Gasteiger partial charge on any atom is -0.00148 e. The Hall–Kier alpha value is -0.820. The van der Waals surface area contributed by atoms with Crippen LogP contribution in [0.4, 0.5) is 0 Å². The summed E-state index contributed by atoms with van der Waals surface area (Å²) in [6.45, 7) is 9.93. The van der Waals surface area contributed by atoms with Gasteiger partial charge in [-0.05, 0) is 50.6 Å². The van der Waals surface area contributed by atoms with Crippen LogP contribution in [0.5, 0.6) is 0 Å². The van der Waals surface area contributed by atoms with Gasteiger partial charge in [0.15, 0.2) is 0 Å². The minimum Gasteiger partial charge on any atom is -0.316 e. The van der Waals surface area contributed by atoms with Crippen LogP contribution in [0, 0.1) is 11.8 Å². The third-order valence-corrected chi connectivity index (χ3v) is 3.07. The van der Waals surface area contributed by atoms with Crippen LogP contribution in [-0.4, -0.2) is 13.1 Å². The highest BCUT2D eigenvalue weighted by atomic mass is 14.9. The van der Waals surface area contributed by atoms with Gasteiger partial charge in [0.25, 0.3) is 0 Å². The Labute approximate surface area is 94.0 Å². The van der Waals surface area contributed by atoms with E-state index in [4.69, 9.17) is 0 Å². The van der Waals surface area contributed by atoms with E-state index in [2.05, 4.69) is 30.6 Å². The van der Waals surface area contributed by atoms with Crippen LogP contribution in [0.25, 0.3) is 0 Å². The van der Waals surface area contributed by atoms with Gasteiger partial charge in [-0.25, -0.2) is 0 Å². The minimum absolute atomic E-state index is 0.662. The molecule has 1 aliphatic rings. The van der Waals surface area contributed by atoms with E-state index in [1.54, 1.807) is 0 Å². The number of hydrogen-bond donors (Lipinski definition) is 1. The summed E-state index contributed by atoms with van der Waals surface area (Å²) in [7, 11) is 0. The fraction of sp³-hybridized carbons (Fsp3) is 0.571. The van der Waals surface area contributed by atoms with Crippen molar-refractivity contribution >= 4 is 0 Å². The molecule has 1 nitrogen and oxygen atoms in total. The molecule has 0 aromatic heterocycles. The zero-order chi connectivity index (χ0) is 10.9. The largest absolute Gasteiger partial charge is 0.316 e. The van der Waals surface area contributed by atoms with Crippen molar-refractivity contribution in [2.75, 3.05) is 13.1 Å². The molecule has 0 spiro atoms. The predicted molar refractivity (Wildman–Crippen MR) is 67.9 cm³/mol. The van der Waals surface area contributed by atoms with Gasteiger partial charge in [-0.15, -0.1) is 13.2 Å². The summed E-state index contributed by atoms with van der Waals surface area (Å²) in [6.07, 6.45) is 13.3. The molecule has 0 radical (unpaired) electrons. The molecule has 0 amide bonds. The Morgan fingerprint density at radius 1 is 1.33 bits per heavy atom. The molecule has 1 N–H and O–H groups in total. The van der Waals surface area contributed by atoms with Crippen molar-refractivity contribution in [2.24, 2.45) is 11.8 Å². The van der Waals surface area contributed by atoms with Gasteiger partial charge in [-0.1, -0.05) is 24.3 Å². The molecular formula is C14H23N. The summed E-state index contributed by atoms with van der Waals surface area (Å²) < 4.78 is 0. The number of hydrogen-bond acceptors (Lipinski definition) is 1. The second kappa shape index (κ2) is 7.47. The monoisotopic (exact) mass is 205 g/mol. The lowest BCUT2D eigenvalue weighted by Crippen LogP contribution is -2.33.